The summed E-state index contributed by atoms with van der Waals surface area (Å²) in [5.74, 6) is -0.818. The number of carbonyl (C=O) groups excluding carboxylic acids is 2. The Morgan fingerprint density at radius 3 is 2.31 bits per heavy atom. The van der Waals surface area contributed by atoms with Gasteiger partial charge < -0.3 is 15.3 Å². The largest absolute Gasteiger partial charge is 0.480 e. The highest BCUT2D eigenvalue weighted by atomic mass is 32.2. The van der Waals surface area contributed by atoms with Gasteiger partial charge in [-0.05, 0) is 19.4 Å². The molecular weight excluding hydrogens is 362 g/mol. The number of aliphatic carboxylic acids is 1. The molecule has 0 radical (unpaired) electrons. The van der Waals surface area contributed by atoms with Crippen molar-refractivity contribution in [3.8, 4) is 0 Å². The first-order valence-electron chi connectivity index (χ1n) is 7.81. The van der Waals surface area contributed by atoms with E-state index < -0.39 is 29.0 Å². The Morgan fingerprint density at radius 1 is 1.27 bits per heavy atom. The monoisotopic (exact) mass is 383 g/mol. The highest BCUT2D eigenvalue weighted by molar-refractivity contribution is 8.13. The molecule has 2 N–H and O–H groups in total. The number of carbonyl (C=O) groups is 3. The maximum Gasteiger partial charge on any atom is 0.325 e. The van der Waals surface area contributed by atoms with Crippen molar-refractivity contribution in [2.45, 2.75) is 32.9 Å². The molecule has 0 bridgehead atoms. The fourth-order valence-electron chi connectivity index (χ4n) is 2.14. The van der Waals surface area contributed by atoms with Gasteiger partial charge in [0.2, 0.25) is 0 Å². The second-order valence-electron chi connectivity index (χ2n) is 5.57. The highest BCUT2D eigenvalue weighted by Crippen LogP contribution is 2.23. The Kier molecular flexibility index (Phi) is 8.04. The smallest absolute Gasteiger partial charge is 0.325 e. The lowest BCUT2D eigenvalue weighted by Gasteiger charge is -2.30. The Labute approximate surface area is 154 Å². The number of nitro groups is 1. The molecule has 1 unspecified atom stereocenters. The van der Waals surface area contributed by atoms with E-state index in [0.29, 0.717) is 11.3 Å². The Bertz CT molecular complexity index is 679. The third-order valence-electron chi connectivity index (χ3n) is 3.66. The van der Waals surface area contributed by atoms with E-state index in [1.807, 2.05) is 0 Å². The maximum atomic E-state index is 12.5. The Morgan fingerprint density at radius 2 is 1.85 bits per heavy atom. The topological polar surface area (TPSA) is 130 Å². The zero-order valence-electron chi connectivity index (χ0n) is 14.7. The van der Waals surface area contributed by atoms with Crippen molar-refractivity contribution in [3.63, 3.8) is 0 Å². The number of non-ortho nitro benzene ring substituents is 1. The molecule has 0 aliphatic rings. The van der Waals surface area contributed by atoms with Crippen LogP contribution < -0.4 is 5.32 Å². The predicted molar refractivity (Wildman–Crippen MR) is 97.0 cm³/mol. The van der Waals surface area contributed by atoms with Crippen molar-refractivity contribution in [1.29, 1.82) is 0 Å². The summed E-state index contributed by atoms with van der Waals surface area (Å²) < 4.78 is 0. The van der Waals surface area contributed by atoms with Crippen molar-refractivity contribution in [2.75, 3.05) is 12.3 Å². The lowest BCUT2D eigenvalue weighted by atomic mass is 10.1. The van der Waals surface area contributed by atoms with Crippen LogP contribution in [0.3, 0.4) is 0 Å². The number of carboxylic acid groups (broad SMARTS) is 1. The van der Waals surface area contributed by atoms with E-state index in [-0.39, 0.29) is 17.3 Å². The first-order valence-corrected chi connectivity index (χ1v) is 8.79. The van der Waals surface area contributed by atoms with E-state index in [0.717, 1.165) is 11.8 Å². The second kappa shape index (κ2) is 9.76. The van der Waals surface area contributed by atoms with E-state index in [2.05, 4.69) is 5.32 Å². The molecule has 26 heavy (non-hydrogen) atoms. The van der Waals surface area contributed by atoms with Gasteiger partial charge in [0.05, 0.1) is 11.0 Å². The molecule has 0 aliphatic heterocycles. The van der Waals surface area contributed by atoms with Crippen LogP contribution in [0.4, 0.5) is 10.5 Å². The van der Waals surface area contributed by atoms with Crippen LogP contribution in [0.2, 0.25) is 0 Å². The van der Waals surface area contributed by atoms with Gasteiger partial charge in [0.15, 0.2) is 5.12 Å². The van der Waals surface area contributed by atoms with Crippen LogP contribution in [0, 0.1) is 10.1 Å². The van der Waals surface area contributed by atoms with E-state index >= 15 is 0 Å². The SMILES string of the molecule is CC(=O)SCCN(C(=O)N[C@@H](C)C(=O)O)C(C)c1ccc([N+](=O)[O-])cc1. The number of nitrogens with one attached hydrogen (secondary N) is 1. The molecule has 2 amide bonds. The Hall–Kier alpha value is -2.62. The molecule has 1 aromatic rings. The van der Waals surface area contributed by atoms with Crippen molar-refractivity contribution in [1.82, 2.24) is 10.2 Å². The average Bonchev–Trinajstić information content (AvgIpc) is 2.57. The number of nitro benzene ring substituents is 1. The van der Waals surface area contributed by atoms with Gasteiger partial charge in [-0.25, -0.2) is 4.79 Å². The van der Waals surface area contributed by atoms with Crippen molar-refractivity contribution in [3.05, 3.63) is 39.9 Å². The normalized spacial score (nSPS) is 12.7. The maximum absolute atomic E-state index is 12.5. The summed E-state index contributed by atoms with van der Waals surface area (Å²) in [6, 6.07) is 3.63. The van der Waals surface area contributed by atoms with E-state index in [1.54, 1.807) is 19.1 Å². The van der Waals surface area contributed by atoms with Gasteiger partial charge in [0.25, 0.3) is 5.69 Å². The third kappa shape index (κ3) is 6.36. The van der Waals surface area contributed by atoms with Crippen molar-refractivity contribution >= 4 is 34.6 Å². The summed E-state index contributed by atoms with van der Waals surface area (Å²) in [6.45, 7) is 4.70. The van der Waals surface area contributed by atoms with Gasteiger partial charge in [-0.2, -0.15) is 0 Å². The summed E-state index contributed by atoms with van der Waals surface area (Å²) in [7, 11) is 0. The van der Waals surface area contributed by atoms with Crippen LogP contribution in [-0.2, 0) is 9.59 Å². The molecule has 1 aromatic carbocycles. The number of nitrogens with zero attached hydrogens (tertiary/aromatic N) is 2. The zero-order valence-corrected chi connectivity index (χ0v) is 15.5. The van der Waals surface area contributed by atoms with E-state index in [1.165, 1.54) is 30.9 Å². The molecule has 0 saturated carbocycles. The molecule has 10 heteroatoms. The fraction of sp³-hybridized carbons (Fsp3) is 0.438. The lowest BCUT2D eigenvalue weighted by Crippen LogP contribution is -2.48. The minimum absolute atomic E-state index is 0.0661. The van der Waals surface area contributed by atoms with Gasteiger partial charge in [0.1, 0.15) is 6.04 Å². The van der Waals surface area contributed by atoms with Gasteiger partial charge in [-0.15, -0.1) is 0 Å². The van der Waals surface area contributed by atoms with Crippen LogP contribution in [0.15, 0.2) is 24.3 Å². The van der Waals surface area contributed by atoms with Gasteiger partial charge in [0, 0.05) is 31.4 Å². The van der Waals surface area contributed by atoms with E-state index in [4.69, 9.17) is 5.11 Å². The highest BCUT2D eigenvalue weighted by Gasteiger charge is 2.25. The number of hydrogen-bond acceptors (Lipinski definition) is 6. The third-order valence-corrected chi connectivity index (χ3v) is 4.46. The van der Waals surface area contributed by atoms with Crippen LogP contribution >= 0.6 is 11.8 Å². The summed E-state index contributed by atoms with van der Waals surface area (Å²) in [6.07, 6.45) is 0. The molecule has 0 spiro atoms. The molecule has 1 rings (SSSR count). The number of amides is 2. The van der Waals surface area contributed by atoms with Gasteiger partial charge in [-0.1, -0.05) is 23.9 Å². The van der Waals surface area contributed by atoms with Crippen LogP contribution in [-0.4, -0.2) is 50.4 Å². The minimum atomic E-state index is -1.17. The number of urea groups is 1. The Balaban J connectivity index is 2.96. The molecule has 142 valence electrons. The molecule has 0 aromatic heterocycles. The van der Waals surface area contributed by atoms with E-state index in [9.17, 15) is 24.5 Å². The number of thioether (sulfide) groups is 1. The fourth-order valence-corrected chi connectivity index (χ4v) is 2.72. The molecule has 2 atom stereocenters. The molecule has 0 saturated heterocycles. The zero-order chi connectivity index (χ0) is 19.9. The summed E-state index contributed by atoms with van der Waals surface area (Å²) >= 11 is 1.05. The average molecular weight is 383 g/mol. The summed E-state index contributed by atoms with van der Waals surface area (Å²) in [5, 5.41) is 22.0. The minimum Gasteiger partial charge on any atom is -0.480 e. The lowest BCUT2D eigenvalue weighted by molar-refractivity contribution is -0.384. The first kappa shape index (κ1) is 21.4. The van der Waals surface area contributed by atoms with Crippen LogP contribution in [0.1, 0.15) is 32.4 Å². The number of hydrogen-bond donors (Lipinski definition) is 2. The molecule has 0 fully saturated rings. The second-order valence-corrected chi connectivity index (χ2v) is 6.84. The quantitative estimate of drug-likeness (QED) is 0.521. The summed E-state index contributed by atoms with van der Waals surface area (Å²) in [5.41, 5.74) is 0.588. The number of carboxylic acids is 1. The van der Waals surface area contributed by atoms with Crippen LogP contribution in [0.5, 0.6) is 0 Å². The molecule has 0 heterocycles. The predicted octanol–water partition coefficient (Wildman–Crippen LogP) is 2.42. The molecule has 0 aliphatic carbocycles. The van der Waals surface area contributed by atoms with Crippen LogP contribution in [0.25, 0.3) is 0 Å². The summed E-state index contributed by atoms with van der Waals surface area (Å²) in [4.78, 5) is 46.2. The van der Waals surface area contributed by atoms with Crippen molar-refractivity contribution < 1.29 is 24.4 Å². The van der Waals surface area contributed by atoms with Crippen molar-refractivity contribution in [2.24, 2.45) is 0 Å². The van der Waals surface area contributed by atoms with Gasteiger partial charge in [-0.3, -0.25) is 19.7 Å². The number of benzene rings is 1. The van der Waals surface area contributed by atoms with Gasteiger partial charge >= 0.3 is 12.0 Å². The molecular formula is C16H21N3O6S. The molecule has 9 nitrogen and oxygen atoms in total. The first-order chi connectivity index (χ1) is 12.1. The number of rotatable bonds is 8. The standard InChI is InChI=1S/C16H21N3O6S/c1-10(15(21)22)17-16(23)18(8-9-26-12(3)20)11(2)13-4-6-14(7-5-13)19(24)25/h4-7,10-11H,8-9H2,1-3H3,(H,17,23)(H,21,22)/t10-,11?/m0/s1.